The molecule has 0 aliphatic carbocycles. The zero-order valence-electron chi connectivity index (χ0n) is 18.6. The first-order valence-corrected chi connectivity index (χ1v) is 12.9. The third-order valence-corrected chi connectivity index (χ3v) is 7.31. The van der Waals surface area contributed by atoms with Crippen LogP contribution >= 0.6 is 23.1 Å². The Morgan fingerprint density at radius 2 is 2.00 bits per heavy atom. The summed E-state index contributed by atoms with van der Waals surface area (Å²) in [6.07, 6.45) is 0. The minimum atomic E-state index is -0.00757. The minimum absolute atomic E-state index is 0.00757. The van der Waals surface area contributed by atoms with Crippen LogP contribution in [0.4, 0.5) is 5.13 Å². The second kappa shape index (κ2) is 11.1. The highest BCUT2D eigenvalue weighted by molar-refractivity contribution is 7.99. The van der Waals surface area contributed by atoms with Crippen LogP contribution in [-0.2, 0) is 4.74 Å². The van der Waals surface area contributed by atoms with Gasteiger partial charge in [0.05, 0.1) is 30.1 Å². The Kier molecular flexibility index (Phi) is 8.02. The number of morpholine rings is 1. The first-order valence-electron chi connectivity index (χ1n) is 11.1. The molecule has 1 fully saturated rings. The fourth-order valence-electron chi connectivity index (χ4n) is 3.72. The zero-order chi connectivity index (χ0) is 22.3. The van der Waals surface area contributed by atoms with Crippen molar-refractivity contribution in [3.63, 3.8) is 0 Å². The third kappa shape index (κ3) is 5.26. The number of amides is 1. The van der Waals surface area contributed by atoms with E-state index in [0.717, 1.165) is 65.0 Å². The number of carbonyl (C=O) groups excluding carboxylic acids is 1. The lowest BCUT2D eigenvalue weighted by atomic mass is 10.2. The molecule has 0 N–H and O–H groups in total. The Morgan fingerprint density at radius 1 is 1.19 bits per heavy atom. The van der Waals surface area contributed by atoms with Crippen LogP contribution in [0.15, 0.2) is 47.4 Å². The lowest BCUT2D eigenvalue weighted by Crippen LogP contribution is -2.43. The number of hydrogen-bond acceptors (Lipinski definition) is 7. The number of fused-ring (bicyclic) bond motifs is 1. The summed E-state index contributed by atoms with van der Waals surface area (Å²) in [6, 6.07) is 13.8. The van der Waals surface area contributed by atoms with Gasteiger partial charge < -0.3 is 9.47 Å². The molecule has 2 aromatic carbocycles. The maximum absolute atomic E-state index is 13.8. The fraction of sp³-hybridized carbons (Fsp3) is 0.417. The smallest absolute Gasteiger partial charge is 0.261 e. The number of anilines is 1. The van der Waals surface area contributed by atoms with E-state index < -0.39 is 0 Å². The fourth-order valence-corrected chi connectivity index (χ4v) is 5.52. The van der Waals surface area contributed by atoms with Crippen LogP contribution in [0.5, 0.6) is 5.75 Å². The van der Waals surface area contributed by atoms with Crippen molar-refractivity contribution in [2.45, 2.75) is 18.7 Å². The molecule has 170 valence electrons. The van der Waals surface area contributed by atoms with Gasteiger partial charge in [-0.15, -0.1) is 11.8 Å². The molecule has 0 radical (unpaired) electrons. The van der Waals surface area contributed by atoms with Crippen LogP contribution in [0.2, 0.25) is 0 Å². The van der Waals surface area contributed by atoms with E-state index in [1.54, 1.807) is 11.8 Å². The second-order valence-electron chi connectivity index (χ2n) is 7.37. The van der Waals surface area contributed by atoms with E-state index in [1.807, 2.05) is 54.3 Å². The Bertz CT molecular complexity index is 1050. The van der Waals surface area contributed by atoms with Crippen LogP contribution in [0.1, 0.15) is 24.2 Å². The van der Waals surface area contributed by atoms with E-state index in [0.29, 0.717) is 18.3 Å². The Morgan fingerprint density at radius 3 is 2.78 bits per heavy atom. The predicted molar refractivity (Wildman–Crippen MR) is 133 cm³/mol. The molecule has 1 amide bonds. The van der Waals surface area contributed by atoms with Gasteiger partial charge in [-0.2, -0.15) is 0 Å². The molecule has 0 unspecified atom stereocenters. The number of thiazole rings is 1. The van der Waals surface area contributed by atoms with Crippen LogP contribution in [0, 0.1) is 0 Å². The number of benzene rings is 2. The molecule has 1 aliphatic rings. The summed E-state index contributed by atoms with van der Waals surface area (Å²) in [6.45, 7) is 9.26. The van der Waals surface area contributed by atoms with Crippen molar-refractivity contribution in [3.05, 3.63) is 48.0 Å². The van der Waals surface area contributed by atoms with Crippen molar-refractivity contribution >= 4 is 44.4 Å². The van der Waals surface area contributed by atoms with E-state index >= 15 is 0 Å². The summed E-state index contributed by atoms with van der Waals surface area (Å²) in [5, 5.41) is 0.710. The topological polar surface area (TPSA) is 54.9 Å². The molecule has 2 heterocycles. The first-order chi connectivity index (χ1) is 15.7. The molecule has 4 rings (SSSR count). The molecule has 8 heteroatoms. The van der Waals surface area contributed by atoms with Crippen molar-refractivity contribution in [1.29, 1.82) is 0 Å². The Hall–Kier alpha value is -2.13. The number of para-hydroxylation sites is 1. The van der Waals surface area contributed by atoms with E-state index in [9.17, 15) is 4.79 Å². The van der Waals surface area contributed by atoms with Gasteiger partial charge in [0.2, 0.25) is 0 Å². The summed E-state index contributed by atoms with van der Waals surface area (Å²) < 4.78 is 12.3. The van der Waals surface area contributed by atoms with E-state index in [1.165, 1.54) is 11.3 Å². The summed E-state index contributed by atoms with van der Waals surface area (Å²) in [4.78, 5) is 23.9. The third-order valence-electron chi connectivity index (χ3n) is 5.31. The van der Waals surface area contributed by atoms with Crippen LogP contribution in [0.3, 0.4) is 0 Å². The van der Waals surface area contributed by atoms with Gasteiger partial charge in [-0.25, -0.2) is 4.98 Å². The maximum atomic E-state index is 13.8. The van der Waals surface area contributed by atoms with Gasteiger partial charge in [-0.3, -0.25) is 14.6 Å². The Balaban J connectivity index is 1.68. The largest absolute Gasteiger partial charge is 0.492 e. The highest BCUT2D eigenvalue weighted by atomic mass is 32.2. The van der Waals surface area contributed by atoms with Crippen LogP contribution in [-0.4, -0.2) is 67.5 Å². The van der Waals surface area contributed by atoms with E-state index in [-0.39, 0.29) is 5.91 Å². The summed E-state index contributed by atoms with van der Waals surface area (Å²) in [7, 11) is 0. The summed E-state index contributed by atoms with van der Waals surface area (Å²) in [5.74, 6) is 1.67. The van der Waals surface area contributed by atoms with Gasteiger partial charge in [0.1, 0.15) is 11.3 Å². The first kappa shape index (κ1) is 23.0. The van der Waals surface area contributed by atoms with Crippen molar-refractivity contribution in [2.75, 3.05) is 56.7 Å². The van der Waals surface area contributed by atoms with E-state index in [4.69, 9.17) is 14.5 Å². The van der Waals surface area contributed by atoms with Crippen molar-refractivity contribution in [3.8, 4) is 5.75 Å². The molecule has 0 saturated carbocycles. The molecule has 0 bridgehead atoms. The lowest BCUT2D eigenvalue weighted by molar-refractivity contribution is 0.0391. The van der Waals surface area contributed by atoms with Crippen molar-refractivity contribution < 1.29 is 14.3 Å². The van der Waals surface area contributed by atoms with E-state index in [2.05, 4.69) is 11.8 Å². The second-order valence-corrected chi connectivity index (χ2v) is 9.69. The number of carbonyl (C=O) groups is 1. The number of aromatic nitrogens is 1. The average molecular weight is 472 g/mol. The quantitative estimate of drug-likeness (QED) is 0.419. The molecule has 0 spiro atoms. The van der Waals surface area contributed by atoms with Gasteiger partial charge in [-0.1, -0.05) is 36.5 Å². The standard InChI is InChI=1S/C24H29N3O3S2/c1-3-30-19-9-7-11-21-22(19)25-24(32-21)27(13-12-26-14-16-29-17-15-26)23(28)18-8-5-6-10-20(18)31-4-2/h5-11H,3-4,12-17H2,1-2H3. The monoisotopic (exact) mass is 471 g/mol. The summed E-state index contributed by atoms with van der Waals surface area (Å²) in [5.41, 5.74) is 1.54. The molecule has 1 aliphatic heterocycles. The molecule has 32 heavy (non-hydrogen) atoms. The normalized spacial score (nSPS) is 14.6. The molecule has 0 atom stereocenters. The van der Waals surface area contributed by atoms with Gasteiger partial charge in [0, 0.05) is 31.1 Å². The average Bonchev–Trinajstić information content (AvgIpc) is 3.25. The number of ether oxygens (including phenoxy) is 2. The lowest BCUT2D eigenvalue weighted by Gasteiger charge is -2.29. The molecular weight excluding hydrogens is 442 g/mol. The minimum Gasteiger partial charge on any atom is -0.492 e. The number of thioether (sulfide) groups is 1. The molecule has 1 aromatic heterocycles. The predicted octanol–water partition coefficient (Wildman–Crippen LogP) is 4.79. The van der Waals surface area contributed by atoms with Gasteiger partial charge in [0.15, 0.2) is 5.13 Å². The number of rotatable bonds is 9. The van der Waals surface area contributed by atoms with Gasteiger partial charge in [0.25, 0.3) is 5.91 Å². The SMILES string of the molecule is CCOc1cccc2sc(N(CCN3CCOCC3)C(=O)c3ccccc3SCC)nc12. The van der Waals surface area contributed by atoms with Gasteiger partial charge >= 0.3 is 0 Å². The summed E-state index contributed by atoms with van der Waals surface area (Å²) >= 11 is 3.23. The molecule has 3 aromatic rings. The van der Waals surface area contributed by atoms with Gasteiger partial charge in [-0.05, 0) is 36.9 Å². The van der Waals surface area contributed by atoms with Crippen LogP contribution < -0.4 is 9.64 Å². The molecule has 6 nitrogen and oxygen atoms in total. The van der Waals surface area contributed by atoms with Crippen molar-refractivity contribution in [1.82, 2.24) is 9.88 Å². The molecule has 1 saturated heterocycles. The molecular formula is C24H29N3O3S2. The van der Waals surface area contributed by atoms with Crippen molar-refractivity contribution in [2.24, 2.45) is 0 Å². The Labute approximate surface area is 197 Å². The number of nitrogens with zero attached hydrogens (tertiary/aromatic N) is 3. The zero-order valence-corrected chi connectivity index (χ0v) is 20.2. The number of hydrogen-bond donors (Lipinski definition) is 0. The highest BCUT2D eigenvalue weighted by Gasteiger charge is 2.25. The van der Waals surface area contributed by atoms with Crippen LogP contribution in [0.25, 0.3) is 10.2 Å². The maximum Gasteiger partial charge on any atom is 0.261 e. The highest BCUT2D eigenvalue weighted by Crippen LogP contribution is 2.35.